The summed E-state index contributed by atoms with van der Waals surface area (Å²) >= 11 is 0. The molecule has 11 heteroatoms. The van der Waals surface area contributed by atoms with E-state index in [0.717, 1.165) is 12.8 Å². The Bertz CT molecular complexity index is 840. The number of amides is 1. The van der Waals surface area contributed by atoms with Gasteiger partial charge in [0.25, 0.3) is 0 Å². The number of benzene rings is 1. The van der Waals surface area contributed by atoms with Crippen molar-refractivity contribution in [1.82, 2.24) is 15.5 Å². The minimum Gasteiger partial charge on any atom is -0.405 e. The highest BCUT2D eigenvalue weighted by Crippen LogP contribution is 2.26. The SMILES string of the molecule is O=C(CN1CCC(NC2CCS(=O)(=O)C2)CC1)NCc1ccccc1OC(F)(F)F. The Morgan fingerprint density at radius 1 is 1.13 bits per heavy atom. The maximum Gasteiger partial charge on any atom is 0.573 e. The highest BCUT2D eigenvalue weighted by atomic mass is 32.2. The molecule has 30 heavy (non-hydrogen) atoms. The van der Waals surface area contributed by atoms with Gasteiger partial charge in [0.15, 0.2) is 9.84 Å². The number of rotatable bonds is 7. The first-order valence-corrected chi connectivity index (χ1v) is 11.7. The fourth-order valence-corrected chi connectivity index (χ4v) is 5.53. The third-order valence-electron chi connectivity index (χ3n) is 5.33. The Morgan fingerprint density at radius 3 is 2.47 bits per heavy atom. The predicted octanol–water partition coefficient (Wildman–Crippen LogP) is 1.44. The number of piperidine rings is 1. The van der Waals surface area contributed by atoms with Gasteiger partial charge < -0.3 is 15.4 Å². The van der Waals surface area contributed by atoms with Crippen LogP contribution < -0.4 is 15.4 Å². The molecule has 2 saturated heterocycles. The van der Waals surface area contributed by atoms with Gasteiger partial charge in [-0.05, 0) is 25.3 Å². The van der Waals surface area contributed by atoms with Crippen LogP contribution in [-0.2, 0) is 21.2 Å². The second-order valence-corrected chi connectivity index (χ2v) is 9.98. The maximum absolute atomic E-state index is 12.5. The number of nitrogens with zero attached hydrogens (tertiary/aromatic N) is 1. The molecular weight excluding hydrogens is 423 g/mol. The number of likely N-dealkylation sites (tertiary alicyclic amines) is 1. The number of carbonyl (C=O) groups excluding carboxylic acids is 1. The van der Waals surface area contributed by atoms with Crippen molar-refractivity contribution in [2.24, 2.45) is 0 Å². The van der Waals surface area contributed by atoms with E-state index in [1.54, 1.807) is 6.07 Å². The van der Waals surface area contributed by atoms with Gasteiger partial charge >= 0.3 is 6.36 Å². The lowest BCUT2D eigenvalue weighted by Gasteiger charge is -2.33. The van der Waals surface area contributed by atoms with Crippen molar-refractivity contribution in [2.75, 3.05) is 31.1 Å². The molecule has 2 aliphatic rings. The van der Waals surface area contributed by atoms with Crippen LogP contribution >= 0.6 is 0 Å². The third-order valence-corrected chi connectivity index (χ3v) is 7.10. The summed E-state index contributed by atoms with van der Waals surface area (Å²) in [6, 6.07) is 5.94. The van der Waals surface area contributed by atoms with E-state index < -0.39 is 16.2 Å². The molecule has 1 amide bonds. The zero-order chi connectivity index (χ0) is 21.8. The van der Waals surface area contributed by atoms with Gasteiger partial charge in [-0.3, -0.25) is 9.69 Å². The van der Waals surface area contributed by atoms with Crippen LogP contribution in [-0.4, -0.2) is 68.8 Å². The van der Waals surface area contributed by atoms with Crippen molar-refractivity contribution < 1.29 is 31.1 Å². The van der Waals surface area contributed by atoms with E-state index in [4.69, 9.17) is 0 Å². The standard InChI is InChI=1S/C19H26F3N3O4S/c20-19(21,22)29-17-4-2-1-3-14(17)11-23-18(26)12-25-8-5-15(6-9-25)24-16-7-10-30(27,28)13-16/h1-4,15-16,24H,5-13H2,(H,23,26). The predicted molar refractivity (Wildman–Crippen MR) is 105 cm³/mol. The molecule has 0 aliphatic carbocycles. The molecule has 7 nitrogen and oxygen atoms in total. The molecular formula is C19H26F3N3O4S. The van der Waals surface area contributed by atoms with Gasteiger partial charge in [0.1, 0.15) is 5.75 Å². The lowest BCUT2D eigenvalue weighted by atomic mass is 10.0. The summed E-state index contributed by atoms with van der Waals surface area (Å²) in [6.07, 6.45) is -2.52. The van der Waals surface area contributed by atoms with Crippen molar-refractivity contribution in [3.05, 3.63) is 29.8 Å². The number of alkyl halides is 3. The van der Waals surface area contributed by atoms with Crippen molar-refractivity contribution in [3.63, 3.8) is 0 Å². The summed E-state index contributed by atoms with van der Waals surface area (Å²) in [4.78, 5) is 14.2. The molecule has 2 heterocycles. The monoisotopic (exact) mass is 449 g/mol. The Morgan fingerprint density at radius 2 is 1.83 bits per heavy atom. The Kier molecular flexibility index (Phi) is 7.25. The number of ether oxygens (including phenoxy) is 1. The van der Waals surface area contributed by atoms with E-state index in [1.165, 1.54) is 18.2 Å². The van der Waals surface area contributed by atoms with E-state index >= 15 is 0 Å². The second kappa shape index (κ2) is 9.52. The van der Waals surface area contributed by atoms with Crippen LogP contribution in [0.15, 0.2) is 24.3 Å². The van der Waals surface area contributed by atoms with Gasteiger partial charge in [0.2, 0.25) is 5.91 Å². The van der Waals surface area contributed by atoms with Crippen LogP contribution in [0.3, 0.4) is 0 Å². The first-order chi connectivity index (χ1) is 14.1. The smallest absolute Gasteiger partial charge is 0.405 e. The third kappa shape index (κ3) is 7.13. The molecule has 2 fully saturated rings. The number of hydrogen-bond donors (Lipinski definition) is 2. The molecule has 168 valence electrons. The van der Waals surface area contributed by atoms with E-state index in [9.17, 15) is 26.4 Å². The minimum atomic E-state index is -4.79. The summed E-state index contributed by atoms with van der Waals surface area (Å²) in [7, 11) is -2.91. The molecule has 2 aliphatic heterocycles. The molecule has 0 bridgehead atoms. The highest BCUT2D eigenvalue weighted by molar-refractivity contribution is 7.91. The quantitative estimate of drug-likeness (QED) is 0.655. The van der Waals surface area contributed by atoms with Crippen LogP contribution in [0.1, 0.15) is 24.8 Å². The van der Waals surface area contributed by atoms with E-state index in [2.05, 4.69) is 15.4 Å². The van der Waals surface area contributed by atoms with Gasteiger partial charge in [0, 0.05) is 37.3 Å². The summed E-state index contributed by atoms with van der Waals surface area (Å²) in [5.41, 5.74) is 0.248. The summed E-state index contributed by atoms with van der Waals surface area (Å²) < 4.78 is 64.5. The number of carbonyl (C=O) groups is 1. The summed E-state index contributed by atoms with van der Waals surface area (Å²) in [5.74, 6) is -0.174. The fraction of sp³-hybridized carbons (Fsp3) is 0.632. The zero-order valence-electron chi connectivity index (χ0n) is 16.5. The number of para-hydroxylation sites is 1. The molecule has 3 rings (SSSR count). The topological polar surface area (TPSA) is 87.7 Å². The number of sulfone groups is 1. The van der Waals surface area contributed by atoms with Crippen LogP contribution in [0.2, 0.25) is 0 Å². The van der Waals surface area contributed by atoms with Crippen molar-refractivity contribution in [1.29, 1.82) is 0 Å². The molecule has 1 unspecified atom stereocenters. The molecule has 2 N–H and O–H groups in total. The number of nitrogens with one attached hydrogen (secondary N) is 2. The summed E-state index contributed by atoms with van der Waals surface area (Å²) in [6.45, 7) is 1.49. The lowest BCUT2D eigenvalue weighted by Crippen LogP contribution is -2.48. The summed E-state index contributed by atoms with van der Waals surface area (Å²) in [5, 5.41) is 6.05. The maximum atomic E-state index is 12.5. The van der Waals surface area contributed by atoms with E-state index in [-0.39, 0.29) is 53.9 Å². The second-order valence-electron chi connectivity index (χ2n) is 7.75. The Labute approximate surface area is 173 Å². The largest absolute Gasteiger partial charge is 0.573 e. The van der Waals surface area contributed by atoms with Crippen molar-refractivity contribution >= 4 is 15.7 Å². The molecule has 0 saturated carbocycles. The fourth-order valence-electron chi connectivity index (χ4n) is 3.84. The van der Waals surface area contributed by atoms with Crippen molar-refractivity contribution in [2.45, 2.75) is 44.3 Å². The van der Waals surface area contributed by atoms with Crippen LogP contribution in [0.5, 0.6) is 5.75 Å². The zero-order valence-corrected chi connectivity index (χ0v) is 17.3. The van der Waals surface area contributed by atoms with Crippen LogP contribution in [0.25, 0.3) is 0 Å². The minimum absolute atomic E-state index is 0.00818. The van der Waals surface area contributed by atoms with Gasteiger partial charge in [0.05, 0.1) is 18.1 Å². The van der Waals surface area contributed by atoms with Gasteiger partial charge in [-0.15, -0.1) is 13.2 Å². The Balaban J connectivity index is 1.39. The lowest BCUT2D eigenvalue weighted by molar-refractivity contribution is -0.274. The average molecular weight is 449 g/mol. The van der Waals surface area contributed by atoms with Gasteiger partial charge in [-0.1, -0.05) is 18.2 Å². The molecule has 0 aromatic heterocycles. The highest BCUT2D eigenvalue weighted by Gasteiger charge is 2.32. The number of hydrogen-bond acceptors (Lipinski definition) is 6. The van der Waals surface area contributed by atoms with Crippen LogP contribution in [0, 0.1) is 0 Å². The molecule has 1 atom stereocenters. The van der Waals surface area contributed by atoms with Gasteiger partial charge in [-0.2, -0.15) is 0 Å². The number of halogens is 3. The first kappa shape index (κ1) is 22.8. The van der Waals surface area contributed by atoms with Crippen LogP contribution in [0.4, 0.5) is 13.2 Å². The molecule has 1 aromatic carbocycles. The first-order valence-electron chi connectivity index (χ1n) is 9.89. The van der Waals surface area contributed by atoms with Gasteiger partial charge in [-0.25, -0.2) is 8.42 Å². The van der Waals surface area contributed by atoms with E-state index in [1.807, 2.05) is 4.90 Å². The normalized spacial score (nSPS) is 22.7. The Hall–Kier alpha value is -1.85. The van der Waals surface area contributed by atoms with Crippen molar-refractivity contribution in [3.8, 4) is 5.75 Å². The average Bonchev–Trinajstić information content (AvgIpc) is 3.00. The molecule has 1 aromatic rings. The van der Waals surface area contributed by atoms with E-state index in [0.29, 0.717) is 19.5 Å². The molecule has 0 radical (unpaired) electrons. The molecule has 0 spiro atoms.